The minimum absolute atomic E-state index is 0.0626. The summed E-state index contributed by atoms with van der Waals surface area (Å²) in [5, 5.41) is 41.6. The second kappa shape index (κ2) is 12.1. The molecule has 0 aromatic heterocycles. The SMILES string of the molecule is NCCCCCCNC(=O)C(F)c1ccccc1O[C@@H]1O[C@H](CO)[C@H](O)[C@H](O)[C@H]1O. The largest absolute Gasteiger partial charge is 0.462 e. The van der Waals surface area contributed by atoms with Crippen molar-refractivity contribution in [3.8, 4) is 5.75 Å². The van der Waals surface area contributed by atoms with Crippen molar-refractivity contribution in [3.05, 3.63) is 29.8 Å². The molecule has 1 unspecified atom stereocenters. The van der Waals surface area contributed by atoms with E-state index in [1.807, 2.05) is 0 Å². The molecular weight excluding hydrogens is 399 g/mol. The van der Waals surface area contributed by atoms with Gasteiger partial charge in [0.1, 0.15) is 30.2 Å². The maximum absolute atomic E-state index is 14.8. The summed E-state index contributed by atoms with van der Waals surface area (Å²) >= 11 is 0. The van der Waals surface area contributed by atoms with Gasteiger partial charge in [-0.25, -0.2) is 4.39 Å². The molecule has 170 valence electrons. The molecule has 1 aliphatic heterocycles. The fraction of sp³-hybridized carbons (Fsp3) is 0.650. The third kappa shape index (κ3) is 6.34. The van der Waals surface area contributed by atoms with E-state index in [0.29, 0.717) is 19.5 Å². The molecule has 1 aliphatic rings. The molecule has 1 aromatic carbocycles. The predicted molar refractivity (Wildman–Crippen MR) is 105 cm³/mol. The van der Waals surface area contributed by atoms with Gasteiger partial charge in [-0.05, 0) is 25.5 Å². The number of hydrogen-bond donors (Lipinski definition) is 6. The number of nitrogens with two attached hydrogens (primary N) is 1. The topological polar surface area (TPSA) is 154 Å². The standard InChI is InChI=1S/C20H31FN2O7/c21-15(19(28)23-10-6-2-1-5-9-22)12-7-3-4-8-13(12)29-20-18(27)17(26)16(25)14(11-24)30-20/h3-4,7-8,14-18,20,24-27H,1-2,5-6,9-11,22H2,(H,23,28)/t14-,15?,16+,17+,18-,20-/m1/s1. The lowest BCUT2D eigenvalue weighted by Gasteiger charge is -2.39. The molecule has 2 rings (SSSR count). The van der Waals surface area contributed by atoms with Crippen molar-refractivity contribution in [2.75, 3.05) is 19.7 Å². The Morgan fingerprint density at radius 3 is 2.53 bits per heavy atom. The van der Waals surface area contributed by atoms with E-state index in [-0.39, 0.29) is 11.3 Å². The smallest absolute Gasteiger partial charge is 0.259 e. The predicted octanol–water partition coefficient (Wildman–Crippen LogP) is -0.489. The monoisotopic (exact) mass is 430 g/mol. The molecule has 0 saturated carbocycles. The van der Waals surface area contributed by atoms with Crippen LogP contribution in [0.3, 0.4) is 0 Å². The number of alkyl halides is 1. The number of para-hydroxylation sites is 1. The second-order valence-electron chi connectivity index (χ2n) is 7.21. The summed E-state index contributed by atoms with van der Waals surface area (Å²) in [5.74, 6) is -0.883. The molecule has 1 fully saturated rings. The normalized spacial score (nSPS) is 27.5. The van der Waals surface area contributed by atoms with Gasteiger partial charge in [0.15, 0.2) is 0 Å². The van der Waals surface area contributed by atoms with Crippen molar-refractivity contribution >= 4 is 5.91 Å². The van der Waals surface area contributed by atoms with Crippen LogP contribution in [-0.2, 0) is 9.53 Å². The van der Waals surface area contributed by atoms with Crippen molar-refractivity contribution in [3.63, 3.8) is 0 Å². The van der Waals surface area contributed by atoms with Crippen LogP contribution in [0.15, 0.2) is 24.3 Å². The first-order valence-corrected chi connectivity index (χ1v) is 10.1. The molecule has 1 heterocycles. The number of carbonyl (C=O) groups excluding carboxylic acids is 1. The summed E-state index contributed by atoms with van der Waals surface area (Å²) in [7, 11) is 0. The molecule has 1 saturated heterocycles. The third-order valence-corrected chi connectivity index (χ3v) is 4.94. The highest BCUT2D eigenvalue weighted by Crippen LogP contribution is 2.31. The van der Waals surface area contributed by atoms with Crippen LogP contribution in [0.5, 0.6) is 5.75 Å². The van der Waals surface area contributed by atoms with Crippen LogP contribution in [-0.4, -0.2) is 76.7 Å². The molecule has 10 heteroatoms. The average Bonchev–Trinajstić information content (AvgIpc) is 2.76. The molecule has 9 nitrogen and oxygen atoms in total. The summed E-state index contributed by atoms with van der Waals surface area (Å²) in [6, 6.07) is 5.83. The minimum atomic E-state index is -2.02. The number of amides is 1. The van der Waals surface area contributed by atoms with Crippen LogP contribution in [0.2, 0.25) is 0 Å². The van der Waals surface area contributed by atoms with Crippen molar-refractivity contribution in [2.24, 2.45) is 5.73 Å². The van der Waals surface area contributed by atoms with Gasteiger partial charge in [-0.3, -0.25) is 4.79 Å². The summed E-state index contributed by atoms with van der Waals surface area (Å²) in [6.45, 7) is 0.329. The fourth-order valence-electron chi connectivity index (χ4n) is 3.15. The number of halogens is 1. The molecule has 0 aliphatic carbocycles. The zero-order valence-corrected chi connectivity index (χ0v) is 16.7. The van der Waals surface area contributed by atoms with Gasteiger partial charge in [-0.2, -0.15) is 0 Å². The molecular formula is C20H31FN2O7. The molecule has 0 bridgehead atoms. The van der Waals surface area contributed by atoms with Gasteiger partial charge in [0.25, 0.3) is 5.91 Å². The summed E-state index contributed by atoms with van der Waals surface area (Å²) in [6.07, 6.45) is -6.02. The van der Waals surface area contributed by atoms with E-state index in [2.05, 4.69) is 5.32 Å². The quantitative estimate of drug-likeness (QED) is 0.257. The first kappa shape index (κ1) is 24.4. The van der Waals surface area contributed by atoms with Crippen LogP contribution in [0, 0.1) is 0 Å². The lowest BCUT2D eigenvalue weighted by Crippen LogP contribution is -2.60. The van der Waals surface area contributed by atoms with E-state index in [9.17, 15) is 29.6 Å². The van der Waals surface area contributed by atoms with Gasteiger partial charge in [0.05, 0.1) is 6.61 Å². The molecule has 1 amide bonds. The number of carbonyl (C=O) groups is 1. The minimum Gasteiger partial charge on any atom is -0.462 e. The number of aliphatic hydroxyl groups is 4. The number of aliphatic hydroxyl groups excluding tert-OH is 4. The zero-order valence-electron chi connectivity index (χ0n) is 16.7. The van der Waals surface area contributed by atoms with Gasteiger partial charge in [0, 0.05) is 12.1 Å². The Labute approximate surface area is 174 Å². The summed E-state index contributed by atoms with van der Waals surface area (Å²) in [5.41, 5.74) is 5.35. The van der Waals surface area contributed by atoms with E-state index in [1.165, 1.54) is 18.2 Å². The number of rotatable bonds is 11. The highest BCUT2D eigenvalue weighted by Gasteiger charge is 2.45. The molecule has 0 radical (unpaired) electrons. The molecule has 1 aromatic rings. The van der Waals surface area contributed by atoms with E-state index < -0.39 is 49.4 Å². The van der Waals surface area contributed by atoms with Crippen LogP contribution in [0.25, 0.3) is 0 Å². The summed E-state index contributed by atoms with van der Waals surface area (Å²) in [4.78, 5) is 12.2. The Morgan fingerprint density at radius 2 is 1.83 bits per heavy atom. The second-order valence-corrected chi connectivity index (χ2v) is 7.21. The number of nitrogens with one attached hydrogen (secondary N) is 1. The maximum atomic E-state index is 14.8. The van der Waals surface area contributed by atoms with E-state index in [1.54, 1.807) is 6.07 Å². The van der Waals surface area contributed by atoms with E-state index in [0.717, 1.165) is 19.3 Å². The van der Waals surface area contributed by atoms with Gasteiger partial charge in [-0.15, -0.1) is 0 Å². The van der Waals surface area contributed by atoms with Crippen molar-refractivity contribution < 1.29 is 39.1 Å². The molecule has 0 spiro atoms. The fourth-order valence-corrected chi connectivity index (χ4v) is 3.15. The lowest BCUT2D eigenvalue weighted by atomic mass is 9.99. The van der Waals surface area contributed by atoms with E-state index in [4.69, 9.17) is 15.2 Å². The van der Waals surface area contributed by atoms with Gasteiger partial charge >= 0.3 is 0 Å². The van der Waals surface area contributed by atoms with Gasteiger partial charge < -0.3 is 41.0 Å². The Hall–Kier alpha value is -1.82. The molecule has 30 heavy (non-hydrogen) atoms. The lowest BCUT2D eigenvalue weighted by molar-refractivity contribution is -0.277. The maximum Gasteiger partial charge on any atom is 0.259 e. The Bertz CT molecular complexity index is 664. The molecule has 7 N–H and O–H groups in total. The van der Waals surface area contributed by atoms with Crippen molar-refractivity contribution in [2.45, 2.75) is 62.6 Å². The number of ether oxygens (including phenoxy) is 2. The van der Waals surface area contributed by atoms with Gasteiger partial charge in [-0.1, -0.05) is 31.0 Å². The number of unbranched alkanes of at least 4 members (excludes halogenated alkanes) is 3. The Kier molecular flexibility index (Phi) is 9.89. The van der Waals surface area contributed by atoms with Crippen LogP contribution in [0.4, 0.5) is 4.39 Å². The highest BCUT2D eigenvalue weighted by molar-refractivity contribution is 5.82. The number of hydrogen-bond acceptors (Lipinski definition) is 8. The third-order valence-electron chi connectivity index (χ3n) is 4.94. The first-order valence-electron chi connectivity index (χ1n) is 10.1. The number of benzene rings is 1. The van der Waals surface area contributed by atoms with Gasteiger partial charge in [0.2, 0.25) is 12.5 Å². The van der Waals surface area contributed by atoms with Crippen LogP contribution in [0.1, 0.15) is 37.4 Å². The highest BCUT2D eigenvalue weighted by atomic mass is 19.1. The Balaban J connectivity index is 2.00. The summed E-state index contributed by atoms with van der Waals surface area (Å²) < 4.78 is 25.6. The zero-order chi connectivity index (χ0) is 22.1. The Morgan fingerprint density at radius 1 is 1.13 bits per heavy atom. The van der Waals surface area contributed by atoms with Crippen molar-refractivity contribution in [1.82, 2.24) is 5.32 Å². The molecule has 6 atom stereocenters. The van der Waals surface area contributed by atoms with E-state index >= 15 is 0 Å². The average molecular weight is 430 g/mol. The van der Waals surface area contributed by atoms with Crippen LogP contribution < -0.4 is 15.8 Å². The van der Waals surface area contributed by atoms with Crippen LogP contribution >= 0.6 is 0 Å². The van der Waals surface area contributed by atoms with Crippen molar-refractivity contribution in [1.29, 1.82) is 0 Å². The first-order chi connectivity index (χ1) is 14.4.